The van der Waals surface area contributed by atoms with E-state index in [1.54, 1.807) is 0 Å². The summed E-state index contributed by atoms with van der Waals surface area (Å²) >= 11 is 0. The Kier molecular flexibility index (Phi) is 13.5. The molecule has 0 amide bonds. The Labute approximate surface area is 250 Å². The summed E-state index contributed by atoms with van der Waals surface area (Å²) in [5.74, 6) is 0. The van der Waals surface area contributed by atoms with Crippen molar-refractivity contribution in [2.75, 3.05) is 0 Å². The molecule has 3 heteroatoms. The van der Waals surface area contributed by atoms with Gasteiger partial charge in [-0.25, -0.2) is 4.98 Å². The molecular weight excluding hydrogens is 498 g/mol. The van der Waals surface area contributed by atoms with Gasteiger partial charge in [-0.3, -0.25) is 9.98 Å². The normalized spacial score (nSPS) is 11.8. The first kappa shape index (κ1) is 32.4. The van der Waals surface area contributed by atoms with Crippen LogP contribution in [0.1, 0.15) is 130 Å². The van der Waals surface area contributed by atoms with Crippen LogP contribution in [0.3, 0.4) is 0 Å². The Hall–Kier alpha value is -3.07. The number of nitrogens with zero attached hydrogens (tertiary/aromatic N) is 3. The molecule has 0 fully saturated rings. The Morgan fingerprint density at radius 2 is 0.805 bits per heavy atom. The van der Waals surface area contributed by atoms with Crippen LogP contribution in [0.5, 0.6) is 0 Å². The van der Waals surface area contributed by atoms with Crippen LogP contribution in [-0.4, -0.2) is 17.4 Å². The SMILES string of the molecule is CCCc1cc(CCC)c(N=Cc2cc(C)cc(C=Nc3c(CCC)cc(CCC)cc3CCC)n2)c(CCC)c1. The van der Waals surface area contributed by atoms with E-state index >= 15 is 0 Å². The van der Waals surface area contributed by atoms with Crippen LogP contribution >= 0.6 is 0 Å². The first-order chi connectivity index (χ1) is 20.0. The number of pyridine rings is 1. The summed E-state index contributed by atoms with van der Waals surface area (Å²) in [5, 5.41) is 0. The monoisotopic (exact) mass is 551 g/mol. The number of aryl methyl sites for hydroxylation is 7. The van der Waals surface area contributed by atoms with Crippen molar-refractivity contribution in [3.05, 3.63) is 86.7 Å². The first-order valence-corrected chi connectivity index (χ1v) is 16.3. The molecule has 2 aromatic carbocycles. The third-order valence-corrected chi connectivity index (χ3v) is 7.47. The zero-order chi connectivity index (χ0) is 29.6. The second-order valence-electron chi connectivity index (χ2n) is 11.5. The predicted molar refractivity (Wildman–Crippen MR) is 180 cm³/mol. The minimum absolute atomic E-state index is 0.884. The first-order valence-electron chi connectivity index (χ1n) is 16.3. The largest absolute Gasteiger partial charge is 0.254 e. The predicted octanol–water partition coefficient (Wildman–Crippen LogP) is 10.6. The van der Waals surface area contributed by atoms with Gasteiger partial charge in [-0.15, -0.1) is 0 Å². The lowest BCUT2D eigenvalue weighted by atomic mass is 9.95. The molecule has 3 rings (SSSR count). The third kappa shape index (κ3) is 9.48. The number of benzene rings is 2. The fourth-order valence-electron chi connectivity index (χ4n) is 5.82. The zero-order valence-corrected chi connectivity index (χ0v) is 26.9. The third-order valence-electron chi connectivity index (χ3n) is 7.47. The highest BCUT2D eigenvalue weighted by Crippen LogP contribution is 2.31. The molecule has 0 spiro atoms. The van der Waals surface area contributed by atoms with Gasteiger partial charge in [0, 0.05) is 0 Å². The average Bonchev–Trinajstić information content (AvgIpc) is 2.93. The van der Waals surface area contributed by atoms with E-state index in [9.17, 15) is 0 Å². The van der Waals surface area contributed by atoms with Crippen molar-refractivity contribution in [1.29, 1.82) is 0 Å². The second-order valence-corrected chi connectivity index (χ2v) is 11.5. The Morgan fingerprint density at radius 3 is 1.10 bits per heavy atom. The molecule has 0 aliphatic heterocycles. The maximum absolute atomic E-state index is 5.09. The maximum atomic E-state index is 5.09. The van der Waals surface area contributed by atoms with Gasteiger partial charge in [0.25, 0.3) is 0 Å². The molecule has 3 nitrogen and oxygen atoms in total. The van der Waals surface area contributed by atoms with Gasteiger partial charge in [-0.05, 0) is 96.5 Å². The van der Waals surface area contributed by atoms with Crippen molar-refractivity contribution >= 4 is 23.8 Å². The molecule has 0 bridgehead atoms. The molecule has 1 heterocycles. The summed E-state index contributed by atoms with van der Waals surface area (Å²) in [4.78, 5) is 15.1. The van der Waals surface area contributed by atoms with Gasteiger partial charge in [-0.2, -0.15) is 0 Å². The minimum Gasteiger partial charge on any atom is -0.254 e. The van der Waals surface area contributed by atoms with E-state index in [1.165, 1.54) is 51.8 Å². The summed E-state index contributed by atoms with van der Waals surface area (Å²) in [6, 6.07) is 13.8. The van der Waals surface area contributed by atoms with E-state index < -0.39 is 0 Å². The van der Waals surface area contributed by atoms with Crippen LogP contribution in [-0.2, 0) is 38.5 Å². The Morgan fingerprint density at radius 1 is 0.488 bits per heavy atom. The second kappa shape index (κ2) is 17.0. The molecule has 41 heavy (non-hydrogen) atoms. The van der Waals surface area contributed by atoms with Crippen LogP contribution in [0.25, 0.3) is 0 Å². The quantitative estimate of drug-likeness (QED) is 0.163. The molecule has 0 saturated heterocycles. The van der Waals surface area contributed by atoms with Gasteiger partial charge in [-0.1, -0.05) is 104 Å². The van der Waals surface area contributed by atoms with Crippen molar-refractivity contribution in [3.63, 3.8) is 0 Å². The highest BCUT2D eigenvalue weighted by Gasteiger charge is 2.12. The van der Waals surface area contributed by atoms with Crippen molar-refractivity contribution in [1.82, 2.24) is 4.98 Å². The molecule has 0 aliphatic rings. The van der Waals surface area contributed by atoms with E-state index in [1.807, 2.05) is 12.4 Å². The van der Waals surface area contributed by atoms with E-state index in [0.717, 1.165) is 87.0 Å². The topological polar surface area (TPSA) is 37.6 Å². The molecule has 0 N–H and O–H groups in total. The number of aromatic nitrogens is 1. The van der Waals surface area contributed by atoms with E-state index in [0.29, 0.717) is 0 Å². The Balaban J connectivity index is 2.00. The summed E-state index contributed by atoms with van der Waals surface area (Å²) in [5.41, 5.74) is 13.6. The van der Waals surface area contributed by atoms with Crippen LogP contribution in [0.2, 0.25) is 0 Å². The highest BCUT2D eigenvalue weighted by molar-refractivity contribution is 5.85. The fraction of sp³-hybridized carbons (Fsp3) is 0.500. The van der Waals surface area contributed by atoms with E-state index in [-0.39, 0.29) is 0 Å². The smallest absolute Gasteiger partial charge is 0.0823 e. The average molecular weight is 552 g/mol. The summed E-state index contributed by atoms with van der Waals surface area (Å²) in [6.07, 6.45) is 17.2. The molecule has 3 aromatic rings. The van der Waals surface area contributed by atoms with Crippen molar-refractivity contribution < 1.29 is 0 Å². The highest BCUT2D eigenvalue weighted by atomic mass is 14.8. The van der Waals surface area contributed by atoms with Crippen LogP contribution in [0.15, 0.2) is 46.4 Å². The maximum Gasteiger partial charge on any atom is 0.0823 e. The van der Waals surface area contributed by atoms with Gasteiger partial charge in [0.15, 0.2) is 0 Å². The van der Waals surface area contributed by atoms with Crippen LogP contribution in [0, 0.1) is 6.92 Å². The molecule has 1 aromatic heterocycles. The van der Waals surface area contributed by atoms with Crippen molar-refractivity contribution in [3.8, 4) is 0 Å². The number of aliphatic imine (C=N–C) groups is 2. The molecule has 0 saturated carbocycles. The van der Waals surface area contributed by atoms with Gasteiger partial charge in [0.1, 0.15) is 0 Å². The van der Waals surface area contributed by atoms with Crippen molar-refractivity contribution in [2.45, 2.75) is 126 Å². The van der Waals surface area contributed by atoms with Crippen molar-refractivity contribution in [2.24, 2.45) is 9.98 Å². The van der Waals surface area contributed by atoms with Gasteiger partial charge >= 0.3 is 0 Å². The van der Waals surface area contributed by atoms with Crippen LogP contribution < -0.4 is 0 Å². The van der Waals surface area contributed by atoms with Gasteiger partial charge < -0.3 is 0 Å². The van der Waals surface area contributed by atoms with E-state index in [2.05, 4.69) is 84.9 Å². The standard InChI is InChI=1S/C38H53N3/c1-8-14-29-22-31(16-10-3)37(32(23-29)17-11-4)39-26-35-20-28(7)21-36(41-35)27-40-38-33(18-12-5)24-30(15-9-2)25-34(38)19-13-6/h20-27H,8-19H2,1-7H3. The molecule has 0 radical (unpaired) electrons. The molecular formula is C38H53N3. The van der Waals surface area contributed by atoms with Gasteiger partial charge in [0.2, 0.25) is 0 Å². The molecule has 0 unspecified atom stereocenters. The minimum atomic E-state index is 0.884. The molecule has 0 atom stereocenters. The van der Waals surface area contributed by atoms with Crippen LogP contribution in [0.4, 0.5) is 11.4 Å². The number of hydrogen-bond acceptors (Lipinski definition) is 3. The number of rotatable bonds is 16. The van der Waals surface area contributed by atoms with Gasteiger partial charge in [0.05, 0.1) is 35.2 Å². The molecule has 0 aliphatic carbocycles. The lowest BCUT2D eigenvalue weighted by Gasteiger charge is -2.14. The Bertz CT molecular complexity index is 1160. The summed E-state index contributed by atoms with van der Waals surface area (Å²) in [6.45, 7) is 15.7. The zero-order valence-electron chi connectivity index (χ0n) is 26.9. The number of hydrogen-bond donors (Lipinski definition) is 0. The summed E-state index contributed by atoms with van der Waals surface area (Å²) < 4.78 is 0. The van der Waals surface area contributed by atoms with E-state index in [4.69, 9.17) is 15.0 Å². The lowest BCUT2D eigenvalue weighted by molar-refractivity contribution is 0.871. The molecule has 220 valence electrons. The lowest BCUT2D eigenvalue weighted by Crippen LogP contribution is -1.99. The summed E-state index contributed by atoms with van der Waals surface area (Å²) in [7, 11) is 0. The fourth-order valence-corrected chi connectivity index (χ4v) is 5.82.